The maximum atomic E-state index is 13.1. The molecule has 5 atom stereocenters. The highest BCUT2D eigenvalue weighted by atomic mass is 19.4. The lowest BCUT2D eigenvalue weighted by molar-refractivity contribution is -0.321. The van der Waals surface area contributed by atoms with E-state index in [1.54, 1.807) is 31.2 Å². The molecule has 1 aromatic rings. The normalized spacial score (nSPS) is 27.3. The SMILES string of the molecule is Cc1ccccc1NC(=O)C(=O)N1CC2CC2([C@H](C[C@H]2CCNC2=O)C(=O)COC(F)(F)F)C1C(N)=O. The van der Waals surface area contributed by atoms with Crippen LogP contribution in [0, 0.1) is 30.1 Å². The summed E-state index contributed by atoms with van der Waals surface area (Å²) in [5.41, 5.74) is 5.46. The maximum Gasteiger partial charge on any atom is 0.522 e. The number of aryl methyl sites for hydroxylation is 1. The number of para-hydroxylation sites is 1. The molecule has 4 N–H and O–H groups in total. The third-order valence-electron chi connectivity index (χ3n) is 7.65. The summed E-state index contributed by atoms with van der Waals surface area (Å²) in [7, 11) is 0. The van der Waals surface area contributed by atoms with Crippen LogP contribution in [0.15, 0.2) is 24.3 Å². The minimum atomic E-state index is -5.06. The first kappa shape index (κ1) is 26.6. The third kappa shape index (κ3) is 5.17. The van der Waals surface area contributed by atoms with Crippen LogP contribution in [-0.2, 0) is 28.7 Å². The summed E-state index contributed by atoms with van der Waals surface area (Å²) in [4.78, 5) is 64.8. The number of anilines is 1. The Morgan fingerprint density at radius 3 is 2.57 bits per heavy atom. The Morgan fingerprint density at radius 2 is 1.97 bits per heavy atom. The molecule has 10 nitrogen and oxygen atoms in total. The van der Waals surface area contributed by atoms with Crippen LogP contribution in [-0.4, -0.2) is 66.4 Å². The van der Waals surface area contributed by atoms with E-state index in [-0.39, 0.29) is 25.3 Å². The van der Waals surface area contributed by atoms with E-state index in [2.05, 4.69) is 15.4 Å². The lowest BCUT2D eigenvalue weighted by Gasteiger charge is -2.34. The fraction of sp³-hybridized carbons (Fsp3) is 0.542. The van der Waals surface area contributed by atoms with Gasteiger partial charge in [-0.15, -0.1) is 13.2 Å². The second-order valence-electron chi connectivity index (χ2n) is 9.81. The lowest BCUT2D eigenvalue weighted by Crippen LogP contribution is -2.54. The van der Waals surface area contributed by atoms with Crippen molar-refractivity contribution in [1.82, 2.24) is 10.2 Å². The maximum absolute atomic E-state index is 13.1. The number of nitrogens with zero attached hydrogens (tertiary/aromatic N) is 1. The van der Waals surface area contributed by atoms with E-state index in [0.717, 1.165) is 4.90 Å². The fourth-order valence-corrected chi connectivity index (χ4v) is 5.88. The molecule has 2 heterocycles. The van der Waals surface area contributed by atoms with E-state index in [0.29, 0.717) is 24.2 Å². The quantitative estimate of drug-likeness (QED) is 0.430. The number of benzene rings is 1. The Bertz CT molecular complexity index is 1140. The molecule has 0 spiro atoms. The van der Waals surface area contributed by atoms with Gasteiger partial charge in [-0.25, -0.2) is 0 Å². The van der Waals surface area contributed by atoms with Crippen molar-refractivity contribution in [3.05, 3.63) is 29.8 Å². The van der Waals surface area contributed by atoms with Crippen LogP contribution in [0.5, 0.6) is 0 Å². The van der Waals surface area contributed by atoms with E-state index in [4.69, 9.17) is 5.73 Å². The standard InChI is InChI=1S/C24H27F3N4O6/c1-12-4-2-3-5-16(12)30-21(35)22(36)31-10-14-9-23(14,18(31)19(28)33)15(8-13-6-7-29-20(13)34)17(32)11-37-24(25,26)27/h2-5,13-15,18H,6-11H2,1H3,(H2,28,33)(H,29,34)(H,30,35)/t13-,14?,15-,18?,23?/m1/s1. The third-order valence-corrected chi connectivity index (χ3v) is 7.65. The molecule has 1 aliphatic carbocycles. The number of nitrogens with one attached hydrogen (secondary N) is 2. The van der Waals surface area contributed by atoms with Crippen molar-refractivity contribution in [1.29, 1.82) is 0 Å². The number of likely N-dealkylation sites (tertiary alicyclic amines) is 1. The minimum Gasteiger partial charge on any atom is -0.368 e. The van der Waals surface area contributed by atoms with Crippen LogP contribution in [0.1, 0.15) is 24.8 Å². The van der Waals surface area contributed by atoms with Gasteiger partial charge in [0.25, 0.3) is 0 Å². The molecule has 1 saturated carbocycles. The van der Waals surface area contributed by atoms with Gasteiger partial charge in [-0.2, -0.15) is 0 Å². The number of ketones is 1. The molecule has 13 heteroatoms. The van der Waals surface area contributed by atoms with Crippen LogP contribution < -0.4 is 16.4 Å². The minimum absolute atomic E-state index is 0.0750. The Labute approximate surface area is 210 Å². The van der Waals surface area contributed by atoms with Crippen molar-refractivity contribution in [2.75, 3.05) is 25.0 Å². The van der Waals surface area contributed by atoms with E-state index in [1.807, 2.05) is 0 Å². The number of nitrogens with two attached hydrogens (primary N) is 1. The molecule has 3 unspecified atom stereocenters. The van der Waals surface area contributed by atoms with Crippen molar-refractivity contribution < 1.29 is 41.9 Å². The van der Waals surface area contributed by atoms with E-state index in [1.165, 1.54) is 0 Å². The van der Waals surface area contributed by atoms with Crippen molar-refractivity contribution in [3.63, 3.8) is 0 Å². The van der Waals surface area contributed by atoms with Crippen LogP contribution >= 0.6 is 0 Å². The van der Waals surface area contributed by atoms with Gasteiger partial charge in [-0.05, 0) is 43.7 Å². The Balaban J connectivity index is 1.60. The molecule has 4 rings (SSSR count). The van der Waals surface area contributed by atoms with E-state index < -0.39 is 65.7 Å². The zero-order valence-electron chi connectivity index (χ0n) is 20.0. The van der Waals surface area contributed by atoms with Gasteiger partial charge in [0, 0.05) is 36.0 Å². The number of amides is 4. The number of Topliss-reactive ketones (excluding diaryl/α,β-unsaturated/α-hetero) is 1. The first-order chi connectivity index (χ1) is 17.3. The predicted octanol–water partition coefficient (Wildman–Crippen LogP) is 0.884. The fourth-order valence-electron chi connectivity index (χ4n) is 5.88. The molecule has 0 radical (unpaired) electrons. The number of rotatable bonds is 8. The molecule has 200 valence electrons. The van der Waals surface area contributed by atoms with Crippen molar-refractivity contribution in [2.24, 2.45) is 28.9 Å². The number of fused-ring (bicyclic) bond motifs is 1. The molecule has 0 bridgehead atoms. The molecule has 3 fully saturated rings. The number of carbonyl (C=O) groups excluding carboxylic acids is 5. The van der Waals surface area contributed by atoms with Gasteiger partial charge in [0.1, 0.15) is 12.6 Å². The van der Waals surface area contributed by atoms with Gasteiger partial charge in [-0.1, -0.05) is 18.2 Å². The number of primary amides is 1. The highest BCUT2D eigenvalue weighted by molar-refractivity contribution is 6.40. The van der Waals surface area contributed by atoms with Crippen molar-refractivity contribution in [3.8, 4) is 0 Å². The van der Waals surface area contributed by atoms with Gasteiger partial charge < -0.3 is 21.3 Å². The van der Waals surface area contributed by atoms with Gasteiger partial charge in [0.2, 0.25) is 11.8 Å². The van der Waals surface area contributed by atoms with Crippen molar-refractivity contribution in [2.45, 2.75) is 38.6 Å². The average molecular weight is 524 g/mol. The molecular formula is C24H27F3N4O6. The van der Waals surface area contributed by atoms with Gasteiger partial charge in [0.05, 0.1) is 0 Å². The van der Waals surface area contributed by atoms with Gasteiger partial charge in [0.15, 0.2) is 5.78 Å². The molecule has 2 saturated heterocycles. The highest BCUT2D eigenvalue weighted by Crippen LogP contribution is 2.67. The summed E-state index contributed by atoms with van der Waals surface area (Å²) < 4.78 is 41.8. The number of halogens is 3. The number of carbonyl (C=O) groups is 5. The molecule has 2 aliphatic heterocycles. The zero-order valence-corrected chi connectivity index (χ0v) is 20.0. The Hall–Kier alpha value is -3.48. The number of ether oxygens (including phenoxy) is 1. The lowest BCUT2D eigenvalue weighted by atomic mass is 9.74. The van der Waals surface area contributed by atoms with Crippen LogP contribution in [0.3, 0.4) is 0 Å². The number of hydrogen-bond acceptors (Lipinski definition) is 6. The van der Waals surface area contributed by atoms with Crippen molar-refractivity contribution >= 4 is 35.1 Å². The summed E-state index contributed by atoms with van der Waals surface area (Å²) in [6.07, 6.45) is -4.57. The second-order valence-corrected chi connectivity index (χ2v) is 9.81. The Morgan fingerprint density at radius 1 is 1.27 bits per heavy atom. The molecule has 3 aliphatic rings. The monoisotopic (exact) mass is 524 g/mol. The summed E-state index contributed by atoms with van der Waals surface area (Å²) >= 11 is 0. The summed E-state index contributed by atoms with van der Waals surface area (Å²) in [5.74, 6) is -6.65. The summed E-state index contributed by atoms with van der Waals surface area (Å²) in [5, 5.41) is 5.11. The van der Waals surface area contributed by atoms with Crippen LogP contribution in [0.25, 0.3) is 0 Å². The predicted molar refractivity (Wildman–Crippen MR) is 121 cm³/mol. The topological polar surface area (TPSA) is 148 Å². The number of hydrogen-bond donors (Lipinski definition) is 3. The second kappa shape index (κ2) is 9.77. The number of piperidine rings is 1. The van der Waals surface area contributed by atoms with E-state index >= 15 is 0 Å². The Kier molecular flexibility index (Phi) is 7.01. The zero-order chi connectivity index (χ0) is 27.1. The highest BCUT2D eigenvalue weighted by Gasteiger charge is 2.73. The van der Waals surface area contributed by atoms with Gasteiger partial charge in [-0.3, -0.25) is 28.7 Å². The molecule has 1 aromatic carbocycles. The first-order valence-electron chi connectivity index (χ1n) is 11.8. The van der Waals surface area contributed by atoms with E-state index in [9.17, 15) is 37.1 Å². The molecule has 0 aromatic heterocycles. The largest absolute Gasteiger partial charge is 0.522 e. The average Bonchev–Trinajstić information content (AvgIpc) is 3.20. The molecular weight excluding hydrogens is 497 g/mol. The smallest absolute Gasteiger partial charge is 0.368 e. The first-order valence-corrected chi connectivity index (χ1v) is 11.8. The van der Waals surface area contributed by atoms with Gasteiger partial charge >= 0.3 is 18.2 Å². The molecule has 4 amide bonds. The van der Waals surface area contributed by atoms with Crippen LogP contribution in [0.4, 0.5) is 18.9 Å². The summed E-state index contributed by atoms with van der Waals surface area (Å²) in [6, 6.07) is 5.33. The van der Waals surface area contributed by atoms with Crippen LogP contribution in [0.2, 0.25) is 0 Å². The molecule has 37 heavy (non-hydrogen) atoms. The number of alkyl halides is 3. The summed E-state index contributed by atoms with van der Waals surface area (Å²) in [6.45, 7) is 0.701.